The molecule has 48 heavy (non-hydrogen) atoms. The fourth-order valence-corrected chi connectivity index (χ4v) is 8.19. The van der Waals surface area contributed by atoms with Crippen LogP contribution in [0.1, 0.15) is 0 Å². The Balaban J connectivity index is 1.16. The van der Waals surface area contributed by atoms with Gasteiger partial charge in [0.25, 0.3) is 0 Å². The van der Waals surface area contributed by atoms with Crippen molar-refractivity contribution in [2.75, 3.05) is 0 Å². The third-order valence-electron chi connectivity index (χ3n) is 9.41. The molecule has 0 saturated heterocycles. The van der Waals surface area contributed by atoms with Crippen LogP contribution in [0.5, 0.6) is 0 Å². The molecule has 0 N–H and O–H groups in total. The molecule has 0 spiro atoms. The molecule has 224 valence electrons. The average Bonchev–Trinajstić information content (AvgIpc) is 3.75. The van der Waals surface area contributed by atoms with Gasteiger partial charge in [-0.2, -0.15) is 0 Å². The predicted octanol–water partition coefficient (Wildman–Crippen LogP) is 12.1. The van der Waals surface area contributed by atoms with Gasteiger partial charge in [0.05, 0.1) is 32.5 Å². The average molecular weight is 630 g/mol. The number of fused-ring (bicyclic) bond motifs is 8. The first-order valence-corrected chi connectivity index (χ1v) is 17.0. The number of rotatable bonds is 4. The Hall–Kier alpha value is -6.10. The van der Waals surface area contributed by atoms with E-state index in [1.54, 1.807) is 11.3 Å². The fraction of sp³-hybridized carbons (Fsp3) is 0. The smallest absolute Gasteiger partial charge is 0.124 e. The van der Waals surface area contributed by atoms with Crippen molar-refractivity contribution in [3.63, 3.8) is 0 Å². The van der Waals surface area contributed by atoms with Crippen molar-refractivity contribution < 1.29 is 0 Å². The standard InChI is InChI=1S/C44H27N3S/c1-2-13-32(14-3-1)47-38-19-8-5-16-34(38)42-39(47)26-25-35-41(42)33-15-4-6-17-36(33)45-43(35)31-12-10-11-30(27-31)28-21-23-29(24-22-28)44-46-37-18-7-9-20-40(37)48-44/h1-27H. The van der Waals surface area contributed by atoms with E-state index in [0.717, 1.165) is 49.5 Å². The number of nitrogens with zero attached hydrogens (tertiary/aromatic N) is 3. The summed E-state index contributed by atoms with van der Waals surface area (Å²) in [4.78, 5) is 10.2. The van der Waals surface area contributed by atoms with Crippen LogP contribution in [0.2, 0.25) is 0 Å². The normalized spacial score (nSPS) is 11.8. The number of aromatic nitrogens is 3. The molecule has 7 aromatic carbocycles. The topological polar surface area (TPSA) is 30.7 Å². The van der Waals surface area contributed by atoms with Crippen molar-refractivity contribution in [3.8, 4) is 38.6 Å². The maximum absolute atomic E-state index is 5.32. The highest BCUT2D eigenvalue weighted by molar-refractivity contribution is 7.21. The maximum atomic E-state index is 5.32. The lowest BCUT2D eigenvalue weighted by atomic mass is 9.94. The van der Waals surface area contributed by atoms with E-state index in [1.807, 2.05) is 6.07 Å². The molecule has 0 aliphatic rings. The number of pyridine rings is 1. The molecule has 3 aromatic heterocycles. The highest BCUT2D eigenvalue weighted by atomic mass is 32.1. The van der Waals surface area contributed by atoms with E-state index >= 15 is 0 Å². The molecule has 0 saturated carbocycles. The third-order valence-corrected chi connectivity index (χ3v) is 10.5. The summed E-state index contributed by atoms with van der Waals surface area (Å²) in [7, 11) is 0. The van der Waals surface area contributed by atoms with Crippen LogP contribution in [-0.2, 0) is 0 Å². The molecule has 0 aliphatic heterocycles. The summed E-state index contributed by atoms with van der Waals surface area (Å²) in [5.74, 6) is 0. The Morgan fingerprint density at radius 3 is 1.98 bits per heavy atom. The summed E-state index contributed by atoms with van der Waals surface area (Å²) in [5.41, 5.74) is 11.2. The first kappa shape index (κ1) is 27.1. The van der Waals surface area contributed by atoms with Crippen LogP contribution in [0.4, 0.5) is 0 Å². The van der Waals surface area contributed by atoms with Gasteiger partial charge in [-0.25, -0.2) is 9.97 Å². The van der Waals surface area contributed by atoms with E-state index in [0.29, 0.717) is 0 Å². The minimum atomic E-state index is 0.995. The van der Waals surface area contributed by atoms with Crippen LogP contribution < -0.4 is 0 Å². The van der Waals surface area contributed by atoms with Gasteiger partial charge in [0.2, 0.25) is 0 Å². The Bertz CT molecular complexity index is 2790. The van der Waals surface area contributed by atoms with Gasteiger partial charge < -0.3 is 4.57 Å². The van der Waals surface area contributed by atoms with Crippen LogP contribution >= 0.6 is 11.3 Å². The van der Waals surface area contributed by atoms with Gasteiger partial charge in [-0.1, -0.05) is 115 Å². The molecule has 0 fully saturated rings. The quantitative estimate of drug-likeness (QED) is 0.181. The van der Waals surface area contributed by atoms with Crippen LogP contribution in [0.15, 0.2) is 164 Å². The highest BCUT2D eigenvalue weighted by Gasteiger charge is 2.19. The van der Waals surface area contributed by atoms with Gasteiger partial charge in [0, 0.05) is 43.7 Å². The number of para-hydroxylation sites is 4. The van der Waals surface area contributed by atoms with E-state index in [9.17, 15) is 0 Å². The third kappa shape index (κ3) is 4.20. The van der Waals surface area contributed by atoms with Gasteiger partial charge in [0.15, 0.2) is 0 Å². The van der Waals surface area contributed by atoms with E-state index in [1.165, 1.54) is 42.8 Å². The van der Waals surface area contributed by atoms with Crippen LogP contribution in [0, 0.1) is 0 Å². The summed E-state index contributed by atoms with van der Waals surface area (Å²) >= 11 is 1.73. The van der Waals surface area contributed by atoms with Gasteiger partial charge in [-0.15, -0.1) is 11.3 Å². The zero-order valence-corrected chi connectivity index (χ0v) is 26.7. The van der Waals surface area contributed by atoms with Crippen molar-refractivity contribution in [2.24, 2.45) is 0 Å². The van der Waals surface area contributed by atoms with Crippen LogP contribution in [0.25, 0.3) is 92.3 Å². The number of hydrogen-bond donors (Lipinski definition) is 0. The first-order chi connectivity index (χ1) is 23.8. The Morgan fingerprint density at radius 1 is 0.417 bits per heavy atom. The molecule has 0 atom stereocenters. The van der Waals surface area contributed by atoms with Crippen LogP contribution in [-0.4, -0.2) is 14.5 Å². The second kappa shape index (κ2) is 10.7. The zero-order chi connectivity index (χ0) is 31.6. The lowest BCUT2D eigenvalue weighted by Gasteiger charge is -2.13. The second-order valence-electron chi connectivity index (χ2n) is 12.2. The largest absolute Gasteiger partial charge is 0.309 e. The molecular weight excluding hydrogens is 603 g/mol. The number of benzene rings is 7. The van der Waals surface area contributed by atoms with Gasteiger partial charge in [0.1, 0.15) is 5.01 Å². The zero-order valence-electron chi connectivity index (χ0n) is 25.8. The first-order valence-electron chi connectivity index (χ1n) is 16.2. The molecule has 10 rings (SSSR count). The highest BCUT2D eigenvalue weighted by Crippen LogP contribution is 2.42. The Kier molecular flexibility index (Phi) is 6.05. The molecule has 0 radical (unpaired) electrons. The fourth-order valence-electron chi connectivity index (χ4n) is 7.22. The minimum Gasteiger partial charge on any atom is -0.309 e. The van der Waals surface area contributed by atoms with Crippen molar-refractivity contribution in [1.29, 1.82) is 0 Å². The summed E-state index contributed by atoms with van der Waals surface area (Å²) in [5, 5.41) is 7.10. The summed E-state index contributed by atoms with van der Waals surface area (Å²) in [6, 6.07) is 58.4. The van der Waals surface area contributed by atoms with Gasteiger partial charge in [-0.3, -0.25) is 0 Å². The summed E-state index contributed by atoms with van der Waals surface area (Å²) in [6.45, 7) is 0. The van der Waals surface area contributed by atoms with Crippen LogP contribution in [0.3, 0.4) is 0 Å². The minimum absolute atomic E-state index is 0.995. The monoisotopic (exact) mass is 629 g/mol. The molecule has 0 amide bonds. The van der Waals surface area contributed by atoms with Crippen molar-refractivity contribution in [2.45, 2.75) is 0 Å². The SMILES string of the molecule is c1ccc(-n2c3ccccc3c3c4c(ccc32)c(-c2cccc(-c3ccc(-c5nc6ccccc6s5)cc3)c2)nc2ccccc24)cc1. The molecule has 4 heteroatoms. The molecule has 3 heterocycles. The molecule has 0 bridgehead atoms. The number of hydrogen-bond acceptors (Lipinski definition) is 3. The van der Waals surface area contributed by atoms with Crippen molar-refractivity contribution in [1.82, 2.24) is 14.5 Å². The van der Waals surface area contributed by atoms with E-state index in [4.69, 9.17) is 9.97 Å². The summed E-state index contributed by atoms with van der Waals surface area (Å²) < 4.78 is 3.60. The molecule has 0 aliphatic carbocycles. The molecule has 10 aromatic rings. The van der Waals surface area contributed by atoms with E-state index < -0.39 is 0 Å². The summed E-state index contributed by atoms with van der Waals surface area (Å²) in [6.07, 6.45) is 0. The van der Waals surface area contributed by atoms with E-state index in [2.05, 4.69) is 162 Å². The lowest BCUT2D eigenvalue weighted by Crippen LogP contribution is -1.94. The molecule has 3 nitrogen and oxygen atoms in total. The predicted molar refractivity (Wildman–Crippen MR) is 203 cm³/mol. The van der Waals surface area contributed by atoms with Gasteiger partial charge >= 0.3 is 0 Å². The maximum Gasteiger partial charge on any atom is 0.124 e. The van der Waals surface area contributed by atoms with E-state index in [-0.39, 0.29) is 0 Å². The molecule has 0 unspecified atom stereocenters. The van der Waals surface area contributed by atoms with Crippen molar-refractivity contribution >= 4 is 65.0 Å². The lowest BCUT2D eigenvalue weighted by molar-refractivity contribution is 1.18. The second-order valence-corrected chi connectivity index (χ2v) is 13.2. The van der Waals surface area contributed by atoms with Gasteiger partial charge in [-0.05, 0) is 59.7 Å². The number of thiazole rings is 1. The Morgan fingerprint density at radius 2 is 1.12 bits per heavy atom. The Labute approximate surface area is 281 Å². The van der Waals surface area contributed by atoms with Crippen molar-refractivity contribution in [3.05, 3.63) is 164 Å². The molecular formula is C44H27N3S.